The molecule has 0 radical (unpaired) electrons. The third kappa shape index (κ3) is 2.09. The average molecular weight is 226 g/mol. The molecule has 0 aromatic carbocycles. The molecule has 86 valence electrons. The number of hydrogen-bond donors (Lipinski definition) is 0. The van der Waals surface area contributed by atoms with Gasteiger partial charge in [-0.05, 0) is 6.92 Å². The second kappa shape index (κ2) is 4.24. The highest BCUT2D eigenvalue weighted by Gasteiger charge is 2.53. The first-order valence-corrected chi connectivity index (χ1v) is 7.23. The van der Waals surface area contributed by atoms with Crippen molar-refractivity contribution in [2.24, 2.45) is 0 Å². The normalized spacial score (nSPS) is 22.0. The zero-order chi connectivity index (χ0) is 11.7. The van der Waals surface area contributed by atoms with Gasteiger partial charge in [-0.25, -0.2) is 0 Å². The highest BCUT2D eigenvalue weighted by molar-refractivity contribution is 6.73. The predicted molar refractivity (Wildman–Crippen MR) is 66.1 cm³/mol. The fourth-order valence-corrected chi connectivity index (χ4v) is 6.12. The van der Waals surface area contributed by atoms with Crippen LogP contribution in [0.5, 0.6) is 0 Å². The Labute approximate surface area is 94.2 Å². The van der Waals surface area contributed by atoms with E-state index >= 15 is 0 Å². The SMILES string of the molecule is CO[Si](OC)(C1C=CC(C)=C1)C(C)(C)C. The molecule has 3 heteroatoms. The van der Waals surface area contributed by atoms with Crippen LogP contribution in [0.4, 0.5) is 0 Å². The van der Waals surface area contributed by atoms with Crippen molar-refractivity contribution in [2.45, 2.75) is 38.3 Å². The van der Waals surface area contributed by atoms with Gasteiger partial charge in [0.1, 0.15) is 0 Å². The lowest BCUT2D eigenvalue weighted by atomic mass is 10.2. The van der Waals surface area contributed by atoms with Crippen LogP contribution in [0.2, 0.25) is 10.6 Å². The van der Waals surface area contributed by atoms with E-state index in [0.29, 0.717) is 5.54 Å². The van der Waals surface area contributed by atoms with Crippen molar-refractivity contribution in [3.05, 3.63) is 23.8 Å². The van der Waals surface area contributed by atoms with Gasteiger partial charge in [-0.2, -0.15) is 0 Å². The van der Waals surface area contributed by atoms with Crippen molar-refractivity contribution in [3.8, 4) is 0 Å². The summed E-state index contributed by atoms with van der Waals surface area (Å²) >= 11 is 0. The van der Waals surface area contributed by atoms with Gasteiger partial charge in [-0.15, -0.1) is 0 Å². The molecule has 0 aliphatic heterocycles. The molecule has 0 aromatic heterocycles. The molecular formula is C12H22O2Si. The molecule has 0 saturated carbocycles. The van der Waals surface area contributed by atoms with E-state index in [2.05, 4.69) is 45.9 Å². The Hall–Kier alpha value is -0.383. The summed E-state index contributed by atoms with van der Waals surface area (Å²) in [6.07, 6.45) is 6.61. The first kappa shape index (κ1) is 12.7. The summed E-state index contributed by atoms with van der Waals surface area (Å²) in [5.74, 6) is 0. The lowest BCUT2D eigenvalue weighted by Crippen LogP contribution is -2.51. The minimum atomic E-state index is -2.22. The maximum absolute atomic E-state index is 5.80. The molecule has 0 heterocycles. The average Bonchev–Trinajstić information content (AvgIpc) is 2.53. The third-order valence-electron chi connectivity index (χ3n) is 3.10. The fraction of sp³-hybridized carbons (Fsp3) is 0.667. The lowest BCUT2D eigenvalue weighted by Gasteiger charge is -2.41. The Morgan fingerprint density at radius 3 is 2.00 bits per heavy atom. The van der Waals surface area contributed by atoms with Crippen LogP contribution in [0.25, 0.3) is 0 Å². The topological polar surface area (TPSA) is 18.5 Å². The van der Waals surface area contributed by atoms with Crippen molar-refractivity contribution >= 4 is 8.56 Å². The van der Waals surface area contributed by atoms with E-state index in [4.69, 9.17) is 8.85 Å². The van der Waals surface area contributed by atoms with Gasteiger partial charge in [0.15, 0.2) is 0 Å². The van der Waals surface area contributed by atoms with Crippen LogP contribution in [0.3, 0.4) is 0 Å². The van der Waals surface area contributed by atoms with E-state index < -0.39 is 8.56 Å². The van der Waals surface area contributed by atoms with Crippen LogP contribution in [0.15, 0.2) is 23.8 Å². The van der Waals surface area contributed by atoms with E-state index in [1.54, 1.807) is 14.2 Å². The lowest BCUT2D eigenvalue weighted by molar-refractivity contribution is 0.211. The molecule has 15 heavy (non-hydrogen) atoms. The molecule has 0 N–H and O–H groups in total. The van der Waals surface area contributed by atoms with Crippen molar-refractivity contribution in [1.82, 2.24) is 0 Å². The summed E-state index contributed by atoms with van der Waals surface area (Å²) in [6.45, 7) is 8.70. The molecule has 1 aliphatic carbocycles. The fourth-order valence-electron chi connectivity index (χ4n) is 2.35. The minimum absolute atomic E-state index is 0.0621. The zero-order valence-electron chi connectivity index (χ0n) is 10.6. The van der Waals surface area contributed by atoms with Gasteiger partial charge in [0.05, 0.1) is 0 Å². The molecule has 1 unspecified atom stereocenters. The zero-order valence-corrected chi connectivity index (χ0v) is 11.6. The maximum Gasteiger partial charge on any atom is 0.354 e. The first-order chi connectivity index (χ1) is 6.87. The quantitative estimate of drug-likeness (QED) is 0.687. The summed E-state index contributed by atoms with van der Waals surface area (Å²) < 4.78 is 11.6. The van der Waals surface area contributed by atoms with Crippen LogP contribution in [0, 0.1) is 0 Å². The Bertz CT molecular complexity index is 282. The summed E-state index contributed by atoms with van der Waals surface area (Å²) in [7, 11) is 1.33. The van der Waals surface area contributed by atoms with Gasteiger partial charge in [0.25, 0.3) is 0 Å². The summed E-state index contributed by atoms with van der Waals surface area (Å²) in [5, 5.41) is 0.0621. The Balaban J connectivity index is 3.08. The Morgan fingerprint density at radius 2 is 1.73 bits per heavy atom. The second-order valence-electron chi connectivity index (χ2n) is 5.12. The summed E-state index contributed by atoms with van der Waals surface area (Å²) in [4.78, 5) is 0. The van der Waals surface area contributed by atoms with Crippen molar-refractivity contribution in [2.75, 3.05) is 14.2 Å². The van der Waals surface area contributed by atoms with Gasteiger partial charge in [-0.1, -0.05) is 44.6 Å². The van der Waals surface area contributed by atoms with Crippen molar-refractivity contribution in [1.29, 1.82) is 0 Å². The minimum Gasteiger partial charge on any atom is -0.397 e. The van der Waals surface area contributed by atoms with E-state index in [1.165, 1.54) is 5.57 Å². The van der Waals surface area contributed by atoms with Crippen LogP contribution >= 0.6 is 0 Å². The van der Waals surface area contributed by atoms with Gasteiger partial charge < -0.3 is 8.85 Å². The monoisotopic (exact) mass is 226 g/mol. The largest absolute Gasteiger partial charge is 0.397 e. The molecule has 0 fully saturated rings. The molecule has 0 bridgehead atoms. The molecule has 0 saturated heterocycles. The molecule has 1 aliphatic rings. The smallest absolute Gasteiger partial charge is 0.354 e. The van der Waals surface area contributed by atoms with Crippen molar-refractivity contribution < 1.29 is 8.85 Å². The third-order valence-corrected chi connectivity index (χ3v) is 7.64. The standard InChI is InChI=1S/C12H22O2Si/c1-10-7-8-11(9-10)15(13-5,14-6)12(2,3)4/h7-9,11H,1-6H3. The van der Waals surface area contributed by atoms with E-state index in [0.717, 1.165) is 0 Å². The molecule has 2 nitrogen and oxygen atoms in total. The molecule has 0 aromatic rings. The van der Waals surface area contributed by atoms with Gasteiger partial charge in [0, 0.05) is 24.8 Å². The molecule has 0 amide bonds. The van der Waals surface area contributed by atoms with Crippen LogP contribution < -0.4 is 0 Å². The second-order valence-corrected chi connectivity index (χ2v) is 9.44. The molecule has 1 atom stereocenters. The number of allylic oxidation sites excluding steroid dienone is 4. The van der Waals surface area contributed by atoms with Gasteiger partial charge in [0.2, 0.25) is 0 Å². The van der Waals surface area contributed by atoms with E-state index in [-0.39, 0.29) is 5.04 Å². The summed E-state index contributed by atoms with van der Waals surface area (Å²) in [5.41, 5.74) is 1.63. The van der Waals surface area contributed by atoms with E-state index in [1.807, 2.05) is 0 Å². The molecule has 0 spiro atoms. The maximum atomic E-state index is 5.80. The highest BCUT2D eigenvalue weighted by Crippen LogP contribution is 2.47. The highest BCUT2D eigenvalue weighted by atomic mass is 28.4. The molecule has 1 rings (SSSR count). The van der Waals surface area contributed by atoms with Gasteiger partial charge in [-0.3, -0.25) is 0 Å². The van der Waals surface area contributed by atoms with Crippen LogP contribution in [-0.4, -0.2) is 22.8 Å². The van der Waals surface area contributed by atoms with Gasteiger partial charge >= 0.3 is 8.56 Å². The van der Waals surface area contributed by atoms with Crippen molar-refractivity contribution in [3.63, 3.8) is 0 Å². The number of hydrogen-bond acceptors (Lipinski definition) is 2. The summed E-state index contributed by atoms with van der Waals surface area (Å²) in [6, 6.07) is 0. The Kier molecular flexibility index (Phi) is 3.58. The van der Waals surface area contributed by atoms with E-state index in [9.17, 15) is 0 Å². The van der Waals surface area contributed by atoms with Crippen LogP contribution in [0.1, 0.15) is 27.7 Å². The van der Waals surface area contributed by atoms with Crippen LogP contribution in [-0.2, 0) is 8.85 Å². The first-order valence-electron chi connectivity index (χ1n) is 5.34. The number of rotatable bonds is 3. The molecular weight excluding hydrogens is 204 g/mol. The Morgan fingerprint density at radius 1 is 1.20 bits per heavy atom. The predicted octanol–water partition coefficient (Wildman–Crippen LogP) is 3.41.